The second-order valence-corrected chi connectivity index (χ2v) is 9.40. The maximum atomic E-state index is 14.2. The van der Waals surface area contributed by atoms with Crippen molar-refractivity contribution >= 4 is 34.6 Å². The molecule has 3 aromatic rings. The third-order valence-electron chi connectivity index (χ3n) is 6.01. The van der Waals surface area contributed by atoms with Crippen molar-refractivity contribution in [3.63, 3.8) is 0 Å². The number of nitrogens with zero attached hydrogens (tertiary/aromatic N) is 2. The number of benzene rings is 3. The molecule has 0 atom stereocenters. The zero-order valence-electron chi connectivity index (χ0n) is 19.9. The van der Waals surface area contributed by atoms with Crippen LogP contribution in [0.3, 0.4) is 0 Å². The average Bonchev–Trinajstić information content (AvgIpc) is 2.88. The number of hydrogen-bond acceptors (Lipinski definition) is 4. The van der Waals surface area contributed by atoms with E-state index in [0.717, 1.165) is 10.6 Å². The molecular formula is C26H23ClF5N3O2. The molecule has 0 unspecified atom stereocenters. The van der Waals surface area contributed by atoms with E-state index in [0.29, 0.717) is 16.5 Å². The summed E-state index contributed by atoms with van der Waals surface area (Å²) in [4.78, 5) is 15.8. The van der Waals surface area contributed by atoms with Crippen LogP contribution in [0.15, 0.2) is 48.5 Å². The van der Waals surface area contributed by atoms with Gasteiger partial charge in [-0.25, -0.2) is 22.0 Å². The summed E-state index contributed by atoms with van der Waals surface area (Å²) in [6, 6.07) is 13.6. The summed E-state index contributed by atoms with van der Waals surface area (Å²) in [5, 5.41) is 3.35. The number of carbonyl (C=O) groups excluding carboxylic acids is 1. The second-order valence-electron chi connectivity index (χ2n) is 8.96. The van der Waals surface area contributed by atoms with E-state index in [1.54, 1.807) is 62.4 Å². The summed E-state index contributed by atoms with van der Waals surface area (Å²) in [7, 11) is 0. The maximum absolute atomic E-state index is 14.2. The molecule has 1 aliphatic heterocycles. The van der Waals surface area contributed by atoms with Crippen molar-refractivity contribution in [2.45, 2.75) is 19.4 Å². The van der Waals surface area contributed by atoms with Crippen molar-refractivity contribution in [2.24, 2.45) is 0 Å². The van der Waals surface area contributed by atoms with E-state index in [-0.39, 0.29) is 32.1 Å². The molecule has 0 aliphatic carbocycles. The first-order chi connectivity index (χ1) is 17.5. The first-order valence-corrected chi connectivity index (χ1v) is 11.7. The van der Waals surface area contributed by atoms with Gasteiger partial charge in [-0.15, -0.1) is 0 Å². The molecule has 37 heavy (non-hydrogen) atoms. The molecule has 196 valence electrons. The van der Waals surface area contributed by atoms with E-state index in [4.69, 9.17) is 16.3 Å². The lowest BCUT2D eigenvalue weighted by molar-refractivity contribution is -0.128. The van der Waals surface area contributed by atoms with E-state index >= 15 is 0 Å². The third kappa shape index (κ3) is 5.58. The molecule has 0 aromatic heterocycles. The van der Waals surface area contributed by atoms with E-state index in [1.165, 1.54) is 0 Å². The minimum atomic E-state index is -2.18. The van der Waals surface area contributed by atoms with Crippen LogP contribution in [0, 0.1) is 29.1 Å². The first kappa shape index (κ1) is 26.5. The van der Waals surface area contributed by atoms with Crippen LogP contribution < -0.4 is 19.9 Å². The number of anilines is 3. The van der Waals surface area contributed by atoms with Crippen molar-refractivity contribution in [2.75, 3.05) is 41.3 Å². The van der Waals surface area contributed by atoms with Crippen LogP contribution in [-0.2, 0) is 4.79 Å². The third-order valence-corrected chi connectivity index (χ3v) is 6.26. The molecule has 0 radical (unpaired) electrons. The predicted molar refractivity (Wildman–Crippen MR) is 132 cm³/mol. The number of rotatable bonds is 6. The SMILES string of the molecule is CC(C)(Oc1ccc(Cl)cc1)C(=O)Nc1ccc(N2CCN(c3c(F)c(F)c(F)c(F)c3F)CC2)cc1. The fourth-order valence-electron chi connectivity index (χ4n) is 3.94. The van der Waals surface area contributed by atoms with Crippen molar-refractivity contribution < 1.29 is 31.5 Å². The highest BCUT2D eigenvalue weighted by Crippen LogP contribution is 2.31. The van der Waals surface area contributed by atoms with E-state index in [2.05, 4.69) is 5.32 Å². The Labute approximate surface area is 215 Å². The molecule has 0 bridgehead atoms. The number of nitrogens with one attached hydrogen (secondary N) is 1. The second kappa shape index (κ2) is 10.5. The van der Waals surface area contributed by atoms with Gasteiger partial charge in [0.2, 0.25) is 5.82 Å². The van der Waals surface area contributed by atoms with Gasteiger partial charge in [-0.2, -0.15) is 0 Å². The Hall–Kier alpha value is -3.53. The monoisotopic (exact) mass is 539 g/mol. The van der Waals surface area contributed by atoms with Crippen molar-refractivity contribution in [1.82, 2.24) is 0 Å². The predicted octanol–water partition coefficient (Wildman–Crippen LogP) is 6.16. The van der Waals surface area contributed by atoms with Gasteiger partial charge in [-0.1, -0.05) is 11.6 Å². The van der Waals surface area contributed by atoms with Crippen LogP contribution in [0.2, 0.25) is 5.02 Å². The Morgan fingerprint density at radius 3 is 1.81 bits per heavy atom. The van der Waals surface area contributed by atoms with E-state index < -0.39 is 40.4 Å². The molecule has 1 heterocycles. The summed E-state index contributed by atoms with van der Waals surface area (Å²) >= 11 is 5.88. The Bertz CT molecular complexity index is 1270. The number of hydrogen-bond donors (Lipinski definition) is 1. The molecule has 1 fully saturated rings. The highest BCUT2D eigenvalue weighted by Gasteiger charge is 2.32. The molecule has 0 spiro atoms. The zero-order chi connectivity index (χ0) is 26.9. The fourth-order valence-corrected chi connectivity index (χ4v) is 4.07. The Morgan fingerprint density at radius 1 is 0.784 bits per heavy atom. The standard InChI is InChI=1S/C26H23ClF5N3O2/c1-26(2,37-18-9-3-15(27)4-10-18)25(36)33-16-5-7-17(8-6-16)34-11-13-35(14-12-34)24-22(31)20(29)19(28)21(30)23(24)32/h3-10H,11-14H2,1-2H3,(H,33,36). The van der Waals surface area contributed by atoms with Gasteiger partial charge in [0.1, 0.15) is 11.4 Å². The molecule has 0 saturated carbocycles. The van der Waals surface area contributed by atoms with Gasteiger partial charge in [-0.3, -0.25) is 4.79 Å². The molecule has 1 aliphatic rings. The Kier molecular flexibility index (Phi) is 7.49. The highest BCUT2D eigenvalue weighted by molar-refractivity contribution is 6.30. The number of halogens is 6. The van der Waals surface area contributed by atoms with E-state index in [1.807, 2.05) is 4.90 Å². The lowest BCUT2D eigenvalue weighted by Crippen LogP contribution is -2.47. The van der Waals surface area contributed by atoms with Crippen LogP contribution in [0.4, 0.5) is 39.0 Å². The Morgan fingerprint density at radius 2 is 1.27 bits per heavy atom. The molecule has 4 rings (SSSR count). The van der Waals surface area contributed by atoms with Gasteiger partial charge in [0.25, 0.3) is 5.91 Å². The molecule has 11 heteroatoms. The lowest BCUT2D eigenvalue weighted by atomic mass is 10.1. The van der Waals surface area contributed by atoms with Gasteiger partial charge in [-0.05, 0) is 62.4 Å². The van der Waals surface area contributed by atoms with Crippen LogP contribution >= 0.6 is 11.6 Å². The van der Waals surface area contributed by atoms with Crippen LogP contribution in [0.1, 0.15) is 13.8 Å². The topological polar surface area (TPSA) is 44.8 Å². The van der Waals surface area contributed by atoms with Crippen LogP contribution in [0.5, 0.6) is 5.75 Å². The fraction of sp³-hybridized carbons (Fsp3) is 0.269. The quantitative estimate of drug-likeness (QED) is 0.232. The average molecular weight is 540 g/mol. The molecule has 1 saturated heterocycles. The molecular weight excluding hydrogens is 517 g/mol. The first-order valence-electron chi connectivity index (χ1n) is 11.4. The summed E-state index contributed by atoms with van der Waals surface area (Å²) in [6.07, 6.45) is 0. The normalized spacial score (nSPS) is 14.1. The summed E-state index contributed by atoms with van der Waals surface area (Å²) in [5.41, 5.74) is -0.794. The largest absolute Gasteiger partial charge is 0.478 e. The van der Waals surface area contributed by atoms with Gasteiger partial charge >= 0.3 is 0 Å². The number of piperazine rings is 1. The lowest BCUT2D eigenvalue weighted by Gasteiger charge is -2.37. The number of ether oxygens (including phenoxy) is 1. The Balaban J connectivity index is 1.37. The maximum Gasteiger partial charge on any atom is 0.267 e. The van der Waals surface area contributed by atoms with Gasteiger partial charge in [0.05, 0.1) is 0 Å². The van der Waals surface area contributed by atoms with Crippen molar-refractivity contribution in [1.29, 1.82) is 0 Å². The molecule has 5 nitrogen and oxygen atoms in total. The van der Waals surface area contributed by atoms with Crippen molar-refractivity contribution in [3.8, 4) is 5.75 Å². The van der Waals surface area contributed by atoms with E-state index in [9.17, 15) is 26.7 Å². The smallest absolute Gasteiger partial charge is 0.267 e. The summed E-state index contributed by atoms with van der Waals surface area (Å²) in [5.74, 6) is -9.66. The minimum Gasteiger partial charge on any atom is -0.478 e. The molecule has 1 N–H and O–H groups in total. The van der Waals surface area contributed by atoms with Crippen LogP contribution in [-0.4, -0.2) is 37.7 Å². The summed E-state index contributed by atoms with van der Waals surface area (Å²) in [6.45, 7) is 3.94. The van der Waals surface area contributed by atoms with Gasteiger partial charge in [0.15, 0.2) is 28.9 Å². The molecule has 3 aromatic carbocycles. The zero-order valence-corrected chi connectivity index (χ0v) is 20.7. The van der Waals surface area contributed by atoms with Crippen LogP contribution in [0.25, 0.3) is 0 Å². The minimum absolute atomic E-state index is 0.0487. The molecule has 1 amide bonds. The number of carbonyl (C=O) groups is 1. The van der Waals surface area contributed by atoms with Crippen molar-refractivity contribution in [3.05, 3.63) is 82.6 Å². The highest BCUT2D eigenvalue weighted by atomic mass is 35.5. The number of amides is 1. The summed E-state index contributed by atoms with van der Waals surface area (Å²) < 4.78 is 74.6. The van der Waals surface area contributed by atoms with Gasteiger partial charge < -0.3 is 19.9 Å². The van der Waals surface area contributed by atoms with Gasteiger partial charge in [0, 0.05) is 42.6 Å².